The molecule has 0 saturated carbocycles. The van der Waals surface area contributed by atoms with Crippen LogP contribution in [0.25, 0.3) is 0 Å². The number of Topliss-reactive ketones (excluding diaryl/α,β-unsaturated/α-hetero) is 1. The summed E-state index contributed by atoms with van der Waals surface area (Å²) >= 11 is 12.1. The summed E-state index contributed by atoms with van der Waals surface area (Å²) in [6.07, 6.45) is 0.187. The SMILES string of the molecule is CC1(C(=O)Cc2c(Cl)cccc2Cl)COCC1N. The van der Waals surface area contributed by atoms with Gasteiger partial charge in [-0.3, -0.25) is 4.79 Å². The topological polar surface area (TPSA) is 52.3 Å². The lowest BCUT2D eigenvalue weighted by molar-refractivity contribution is -0.127. The van der Waals surface area contributed by atoms with E-state index in [1.165, 1.54) is 0 Å². The van der Waals surface area contributed by atoms with Crippen LogP contribution in [0, 0.1) is 5.41 Å². The quantitative estimate of drug-likeness (QED) is 0.929. The molecule has 2 unspecified atom stereocenters. The van der Waals surface area contributed by atoms with Crippen molar-refractivity contribution < 1.29 is 9.53 Å². The maximum absolute atomic E-state index is 12.4. The van der Waals surface area contributed by atoms with Crippen molar-refractivity contribution in [1.82, 2.24) is 0 Å². The smallest absolute Gasteiger partial charge is 0.147 e. The molecule has 5 heteroatoms. The van der Waals surface area contributed by atoms with Crippen molar-refractivity contribution in [2.45, 2.75) is 19.4 Å². The maximum atomic E-state index is 12.4. The van der Waals surface area contributed by atoms with Crippen molar-refractivity contribution in [1.29, 1.82) is 0 Å². The number of benzene rings is 1. The largest absolute Gasteiger partial charge is 0.379 e. The Bertz CT molecular complexity index is 458. The van der Waals surface area contributed by atoms with Gasteiger partial charge in [-0.05, 0) is 24.6 Å². The summed E-state index contributed by atoms with van der Waals surface area (Å²) in [4.78, 5) is 12.4. The molecule has 0 amide bonds. The first kappa shape index (κ1) is 13.8. The lowest BCUT2D eigenvalue weighted by atomic mass is 9.79. The molecule has 0 aliphatic carbocycles. The van der Waals surface area contributed by atoms with Crippen LogP contribution in [0.1, 0.15) is 12.5 Å². The molecule has 0 aromatic heterocycles. The fraction of sp³-hybridized carbons (Fsp3) is 0.462. The zero-order valence-corrected chi connectivity index (χ0v) is 11.6. The summed E-state index contributed by atoms with van der Waals surface area (Å²) in [7, 11) is 0. The van der Waals surface area contributed by atoms with Gasteiger partial charge in [-0.2, -0.15) is 0 Å². The highest BCUT2D eigenvalue weighted by Gasteiger charge is 2.43. The number of rotatable bonds is 3. The van der Waals surface area contributed by atoms with Crippen LogP contribution in [-0.2, 0) is 16.0 Å². The van der Waals surface area contributed by atoms with E-state index in [0.717, 1.165) is 0 Å². The average molecular weight is 288 g/mol. The first-order chi connectivity index (χ1) is 8.45. The van der Waals surface area contributed by atoms with Gasteiger partial charge in [-0.15, -0.1) is 0 Å². The molecule has 1 saturated heterocycles. The van der Waals surface area contributed by atoms with Gasteiger partial charge < -0.3 is 10.5 Å². The van der Waals surface area contributed by atoms with E-state index in [2.05, 4.69) is 0 Å². The second-order valence-electron chi connectivity index (χ2n) is 4.84. The second kappa shape index (κ2) is 5.17. The zero-order chi connectivity index (χ0) is 13.3. The minimum absolute atomic E-state index is 0.0162. The van der Waals surface area contributed by atoms with E-state index in [1.807, 2.05) is 6.92 Å². The van der Waals surface area contributed by atoms with Gasteiger partial charge in [-0.1, -0.05) is 29.3 Å². The molecule has 1 fully saturated rings. The lowest BCUT2D eigenvalue weighted by Gasteiger charge is -2.25. The first-order valence-corrected chi connectivity index (χ1v) is 6.50. The number of ether oxygens (including phenoxy) is 1. The normalized spacial score (nSPS) is 27.4. The molecule has 18 heavy (non-hydrogen) atoms. The van der Waals surface area contributed by atoms with Gasteiger partial charge in [0.25, 0.3) is 0 Å². The van der Waals surface area contributed by atoms with Crippen LogP contribution in [0.15, 0.2) is 18.2 Å². The van der Waals surface area contributed by atoms with E-state index in [-0.39, 0.29) is 18.2 Å². The molecule has 3 nitrogen and oxygen atoms in total. The molecule has 0 spiro atoms. The molecule has 2 atom stereocenters. The van der Waals surface area contributed by atoms with Crippen LogP contribution in [0.2, 0.25) is 10.0 Å². The molecule has 1 aromatic rings. The maximum Gasteiger partial charge on any atom is 0.147 e. The molecule has 0 radical (unpaired) electrons. The molecule has 98 valence electrons. The fourth-order valence-corrected chi connectivity index (χ4v) is 2.57. The third-order valence-electron chi connectivity index (χ3n) is 3.55. The van der Waals surface area contributed by atoms with Gasteiger partial charge >= 0.3 is 0 Å². The highest BCUT2D eigenvalue weighted by atomic mass is 35.5. The van der Waals surface area contributed by atoms with E-state index in [9.17, 15) is 4.79 Å². The third-order valence-corrected chi connectivity index (χ3v) is 4.26. The molecular formula is C13H15Cl2NO2. The number of hydrogen-bond acceptors (Lipinski definition) is 3. The van der Waals surface area contributed by atoms with Crippen molar-refractivity contribution in [3.63, 3.8) is 0 Å². The van der Waals surface area contributed by atoms with Gasteiger partial charge in [-0.25, -0.2) is 0 Å². The Morgan fingerprint density at radius 2 is 2.11 bits per heavy atom. The summed E-state index contributed by atoms with van der Waals surface area (Å²) in [5.41, 5.74) is 5.94. The first-order valence-electron chi connectivity index (χ1n) is 5.74. The third kappa shape index (κ3) is 2.41. The van der Waals surface area contributed by atoms with Crippen LogP contribution in [-0.4, -0.2) is 25.0 Å². The molecule has 2 rings (SSSR count). The minimum Gasteiger partial charge on any atom is -0.379 e. The predicted octanol–water partition coefficient (Wildman–Crippen LogP) is 2.47. The molecule has 1 aliphatic rings. The lowest BCUT2D eigenvalue weighted by Crippen LogP contribution is -2.45. The number of carbonyl (C=O) groups is 1. The Hall–Kier alpha value is -0.610. The summed E-state index contributed by atoms with van der Waals surface area (Å²) < 4.78 is 5.28. The predicted molar refractivity (Wildman–Crippen MR) is 72.1 cm³/mol. The van der Waals surface area contributed by atoms with E-state index in [4.69, 9.17) is 33.7 Å². The van der Waals surface area contributed by atoms with Gasteiger partial charge in [0.15, 0.2) is 0 Å². The summed E-state index contributed by atoms with van der Waals surface area (Å²) in [5.74, 6) is 0.0162. The Morgan fingerprint density at radius 1 is 1.50 bits per heavy atom. The minimum atomic E-state index is -0.650. The van der Waals surface area contributed by atoms with Crippen LogP contribution >= 0.6 is 23.2 Å². The van der Waals surface area contributed by atoms with E-state index >= 15 is 0 Å². The average Bonchev–Trinajstić information content (AvgIpc) is 2.66. The Morgan fingerprint density at radius 3 is 2.61 bits per heavy atom. The van der Waals surface area contributed by atoms with E-state index in [1.54, 1.807) is 18.2 Å². The number of hydrogen-bond donors (Lipinski definition) is 1. The van der Waals surface area contributed by atoms with E-state index in [0.29, 0.717) is 28.8 Å². The van der Waals surface area contributed by atoms with Crippen LogP contribution in [0.5, 0.6) is 0 Å². The van der Waals surface area contributed by atoms with Gasteiger partial charge in [0.05, 0.1) is 18.6 Å². The highest BCUT2D eigenvalue weighted by Crippen LogP contribution is 2.32. The fourth-order valence-electron chi connectivity index (χ4n) is 2.04. The number of nitrogens with two attached hydrogens (primary N) is 1. The Kier molecular flexibility index (Phi) is 3.97. The summed E-state index contributed by atoms with van der Waals surface area (Å²) in [5, 5.41) is 1.01. The van der Waals surface area contributed by atoms with Crippen molar-refractivity contribution >= 4 is 29.0 Å². The summed E-state index contributed by atoms with van der Waals surface area (Å²) in [6.45, 7) is 2.60. The second-order valence-corrected chi connectivity index (χ2v) is 5.65. The molecule has 2 N–H and O–H groups in total. The number of ketones is 1. The molecule has 0 bridgehead atoms. The van der Waals surface area contributed by atoms with Crippen LogP contribution < -0.4 is 5.73 Å². The van der Waals surface area contributed by atoms with Crippen molar-refractivity contribution in [3.8, 4) is 0 Å². The van der Waals surface area contributed by atoms with E-state index < -0.39 is 5.41 Å². The number of carbonyl (C=O) groups excluding carboxylic acids is 1. The standard InChI is InChI=1S/C13H15Cl2NO2/c1-13(7-18-6-11(13)16)12(17)5-8-9(14)3-2-4-10(8)15/h2-4,11H,5-7,16H2,1H3. The Balaban J connectivity index is 2.22. The monoisotopic (exact) mass is 287 g/mol. The highest BCUT2D eigenvalue weighted by molar-refractivity contribution is 6.36. The van der Waals surface area contributed by atoms with Gasteiger partial charge in [0.1, 0.15) is 5.78 Å². The number of halogens is 2. The molecule has 1 aliphatic heterocycles. The van der Waals surface area contributed by atoms with Crippen molar-refractivity contribution in [3.05, 3.63) is 33.8 Å². The molecule has 1 aromatic carbocycles. The summed E-state index contributed by atoms with van der Waals surface area (Å²) in [6, 6.07) is 4.93. The van der Waals surface area contributed by atoms with Crippen molar-refractivity contribution in [2.75, 3.05) is 13.2 Å². The van der Waals surface area contributed by atoms with Gasteiger partial charge in [0.2, 0.25) is 0 Å². The van der Waals surface area contributed by atoms with Crippen molar-refractivity contribution in [2.24, 2.45) is 11.1 Å². The van der Waals surface area contributed by atoms with Crippen LogP contribution in [0.4, 0.5) is 0 Å². The van der Waals surface area contributed by atoms with Gasteiger partial charge in [0, 0.05) is 22.5 Å². The Labute approximate surface area is 116 Å². The molecule has 1 heterocycles. The van der Waals surface area contributed by atoms with Crippen LogP contribution in [0.3, 0.4) is 0 Å². The molecular weight excluding hydrogens is 273 g/mol. The zero-order valence-electron chi connectivity index (χ0n) is 10.1.